The van der Waals surface area contributed by atoms with Crippen molar-refractivity contribution in [1.82, 2.24) is 0 Å². The smallest absolute Gasteiger partial charge is 0.382 e. The molecule has 0 radical (unpaired) electrons. The second kappa shape index (κ2) is 4.64. The van der Waals surface area contributed by atoms with Gasteiger partial charge in [0.1, 0.15) is 0 Å². The van der Waals surface area contributed by atoms with Gasteiger partial charge in [0.05, 0.1) is 0 Å². The predicted molar refractivity (Wildman–Crippen MR) is 48.7 cm³/mol. The molecule has 0 aliphatic heterocycles. The molecular formula is C11H6O2. The Morgan fingerprint density at radius 1 is 1.15 bits per heavy atom. The number of carbonyl (C=O) groups is 1. The van der Waals surface area contributed by atoms with Gasteiger partial charge in [-0.3, -0.25) is 0 Å². The summed E-state index contributed by atoms with van der Waals surface area (Å²) in [4.78, 5) is 9.97. The lowest BCUT2D eigenvalue weighted by Gasteiger charge is -1.83. The SMILES string of the molecule is O=C(O)C#CC#Cc1ccccc1. The van der Waals surface area contributed by atoms with Crippen molar-refractivity contribution in [1.29, 1.82) is 0 Å². The van der Waals surface area contributed by atoms with Crippen LogP contribution in [0.25, 0.3) is 0 Å². The molecule has 0 saturated heterocycles. The summed E-state index contributed by atoms with van der Waals surface area (Å²) < 4.78 is 0. The van der Waals surface area contributed by atoms with Crippen LogP contribution in [0.3, 0.4) is 0 Å². The maximum absolute atomic E-state index is 9.97. The van der Waals surface area contributed by atoms with Crippen molar-refractivity contribution in [3.63, 3.8) is 0 Å². The molecule has 2 heteroatoms. The van der Waals surface area contributed by atoms with Crippen LogP contribution in [0.5, 0.6) is 0 Å². The van der Waals surface area contributed by atoms with Crippen LogP contribution in [0.1, 0.15) is 5.56 Å². The molecule has 13 heavy (non-hydrogen) atoms. The van der Waals surface area contributed by atoms with E-state index in [9.17, 15) is 4.79 Å². The fourth-order valence-electron chi connectivity index (χ4n) is 0.710. The van der Waals surface area contributed by atoms with Crippen molar-refractivity contribution in [2.45, 2.75) is 0 Å². The van der Waals surface area contributed by atoms with Crippen molar-refractivity contribution in [3.05, 3.63) is 35.9 Å². The van der Waals surface area contributed by atoms with Crippen LogP contribution in [-0.2, 0) is 4.79 Å². The molecule has 1 aromatic carbocycles. The van der Waals surface area contributed by atoms with Crippen LogP contribution >= 0.6 is 0 Å². The molecule has 0 unspecified atom stereocenters. The third-order valence-corrected chi connectivity index (χ3v) is 1.21. The van der Waals surface area contributed by atoms with E-state index < -0.39 is 5.97 Å². The first kappa shape index (κ1) is 8.90. The Bertz CT molecular complexity index is 410. The van der Waals surface area contributed by atoms with Crippen LogP contribution in [-0.4, -0.2) is 11.1 Å². The molecule has 0 fully saturated rings. The Hall–Kier alpha value is -2.19. The standard InChI is InChI=1S/C11H6O2/c12-11(13)9-5-4-8-10-6-2-1-3-7-10/h1-3,6-7H,(H,12,13). The fraction of sp³-hybridized carbons (Fsp3) is 0. The van der Waals surface area contributed by atoms with Crippen LogP contribution in [0, 0.1) is 23.7 Å². The van der Waals surface area contributed by atoms with Gasteiger partial charge in [-0.1, -0.05) is 24.1 Å². The molecular weight excluding hydrogens is 164 g/mol. The lowest BCUT2D eigenvalue weighted by Crippen LogP contribution is -1.85. The lowest BCUT2D eigenvalue weighted by atomic mass is 10.2. The van der Waals surface area contributed by atoms with E-state index in [0.29, 0.717) is 0 Å². The highest BCUT2D eigenvalue weighted by molar-refractivity contribution is 5.87. The fourth-order valence-corrected chi connectivity index (χ4v) is 0.710. The summed E-state index contributed by atoms with van der Waals surface area (Å²) in [5.74, 6) is 8.12. The summed E-state index contributed by atoms with van der Waals surface area (Å²) in [5.41, 5.74) is 0.821. The molecule has 0 aliphatic rings. The minimum atomic E-state index is -1.16. The van der Waals surface area contributed by atoms with Crippen LogP contribution in [0.2, 0.25) is 0 Å². The summed E-state index contributed by atoms with van der Waals surface area (Å²) in [6.45, 7) is 0. The maximum Gasteiger partial charge on any atom is 0.382 e. The number of carboxylic acid groups (broad SMARTS) is 1. The molecule has 0 heterocycles. The minimum Gasteiger partial charge on any atom is -0.472 e. The summed E-state index contributed by atoms with van der Waals surface area (Å²) in [5, 5.41) is 8.17. The third kappa shape index (κ3) is 3.65. The van der Waals surface area contributed by atoms with Gasteiger partial charge < -0.3 is 5.11 Å². The highest BCUT2D eigenvalue weighted by atomic mass is 16.4. The number of hydrogen-bond acceptors (Lipinski definition) is 1. The van der Waals surface area contributed by atoms with Gasteiger partial charge in [-0.05, 0) is 24.0 Å². The summed E-state index contributed by atoms with van der Waals surface area (Å²) in [6.07, 6.45) is 0. The van der Waals surface area contributed by atoms with E-state index in [1.165, 1.54) is 0 Å². The molecule has 1 rings (SSSR count). The van der Waals surface area contributed by atoms with Gasteiger partial charge >= 0.3 is 5.97 Å². The highest BCUT2D eigenvalue weighted by Gasteiger charge is 1.81. The van der Waals surface area contributed by atoms with Crippen molar-refractivity contribution in [2.75, 3.05) is 0 Å². The van der Waals surface area contributed by atoms with Crippen LogP contribution in [0.4, 0.5) is 0 Å². The molecule has 62 valence electrons. The van der Waals surface area contributed by atoms with Gasteiger partial charge in [-0.2, -0.15) is 0 Å². The van der Waals surface area contributed by atoms with Crippen LogP contribution < -0.4 is 0 Å². The molecule has 1 aromatic rings. The zero-order chi connectivity index (χ0) is 9.52. The van der Waals surface area contributed by atoms with Crippen molar-refractivity contribution in [2.24, 2.45) is 0 Å². The third-order valence-electron chi connectivity index (χ3n) is 1.21. The highest BCUT2D eigenvalue weighted by Crippen LogP contribution is 1.93. The normalized spacial score (nSPS) is 7.38. The molecule has 0 bridgehead atoms. The number of aliphatic carboxylic acids is 1. The van der Waals surface area contributed by atoms with Crippen molar-refractivity contribution in [3.8, 4) is 23.7 Å². The molecule has 1 N–H and O–H groups in total. The average Bonchev–Trinajstić information content (AvgIpc) is 2.14. The van der Waals surface area contributed by atoms with Gasteiger partial charge in [0.15, 0.2) is 0 Å². The van der Waals surface area contributed by atoms with Crippen molar-refractivity contribution < 1.29 is 9.90 Å². The number of carboxylic acids is 1. The topological polar surface area (TPSA) is 37.3 Å². The predicted octanol–water partition coefficient (Wildman–Crippen LogP) is 1.13. The first-order chi connectivity index (χ1) is 6.29. The molecule has 0 aliphatic carbocycles. The second-order valence-electron chi connectivity index (χ2n) is 2.17. The van der Waals surface area contributed by atoms with Gasteiger partial charge in [0, 0.05) is 11.5 Å². The van der Waals surface area contributed by atoms with Gasteiger partial charge in [0.2, 0.25) is 0 Å². The van der Waals surface area contributed by atoms with E-state index in [0.717, 1.165) is 5.56 Å². The zero-order valence-electron chi connectivity index (χ0n) is 6.74. The Balaban J connectivity index is 2.71. The Morgan fingerprint density at radius 3 is 2.46 bits per heavy atom. The Kier molecular flexibility index (Phi) is 3.18. The largest absolute Gasteiger partial charge is 0.472 e. The van der Waals surface area contributed by atoms with Crippen LogP contribution in [0.15, 0.2) is 30.3 Å². The van der Waals surface area contributed by atoms with E-state index in [1.54, 1.807) is 0 Å². The lowest BCUT2D eigenvalue weighted by molar-refractivity contribution is -0.130. The number of rotatable bonds is 0. The molecule has 0 saturated carbocycles. The summed E-state index contributed by atoms with van der Waals surface area (Å²) in [7, 11) is 0. The average molecular weight is 170 g/mol. The summed E-state index contributed by atoms with van der Waals surface area (Å²) in [6, 6.07) is 9.25. The first-order valence-electron chi connectivity index (χ1n) is 3.59. The molecule has 0 spiro atoms. The molecule has 0 amide bonds. The van der Waals surface area contributed by atoms with E-state index in [4.69, 9.17) is 5.11 Å². The van der Waals surface area contributed by atoms with Gasteiger partial charge in [-0.25, -0.2) is 4.79 Å². The first-order valence-corrected chi connectivity index (χ1v) is 3.59. The van der Waals surface area contributed by atoms with Gasteiger partial charge in [0.25, 0.3) is 0 Å². The molecule has 2 nitrogen and oxygen atoms in total. The second-order valence-corrected chi connectivity index (χ2v) is 2.17. The zero-order valence-corrected chi connectivity index (χ0v) is 6.74. The molecule has 0 aromatic heterocycles. The molecule has 0 atom stereocenters. The van der Waals surface area contributed by atoms with E-state index in [-0.39, 0.29) is 0 Å². The Labute approximate surface area is 76.2 Å². The summed E-state index contributed by atoms with van der Waals surface area (Å²) >= 11 is 0. The minimum absolute atomic E-state index is 0.821. The number of hydrogen-bond donors (Lipinski definition) is 1. The Morgan fingerprint density at radius 2 is 1.85 bits per heavy atom. The maximum atomic E-state index is 9.97. The van der Waals surface area contributed by atoms with Gasteiger partial charge in [-0.15, -0.1) is 0 Å². The van der Waals surface area contributed by atoms with E-state index in [1.807, 2.05) is 36.3 Å². The number of benzene rings is 1. The van der Waals surface area contributed by atoms with Crippen molar-refractivity contribution >= 4 is 5.97 Å². The van der Waals surface area contributed by atoms with E-state index >= 15 is 0 Å². The monoisotopic (exact) mass is 170 g/mol. The van der Waals surface area contributed by atoms with E-state index in [2.05, 4.69) is 17.8 Å². The quantitative estimate of drug-likeness (QED) is 0.592.